The monoisotopic (exact) mass is 244 g/mol. The molecule has 0 unspecified atom stereocenters. The van der Waals surface area contributed by atoms with E-state index >= 15 is 0 Å². The number of carbonyl (C=O) groups excluding carboxylic acids is 1. The molecular weight excluding hydrogens is 224 g/mol. The van der Waals surface area contributed by atoms with Gasteiger partial charge in [0.2, 0.25) is 0 Å². The van der Waals surface area contributed by atoms with Crippen LogP contribution in [0.1, 0.15) is 27.2 Å². The van der Waals surface area contributed by atoms with Crippen molar-refractivity contribution in [1.29, 1.82) is 0 Å². The molecule has 1 amide bonds. The van der Waals surface area contributed by atoms with Crippen LogP contribution in [0.5, 0.6) is 0 Å². The second-order valence-electron chi connectivity index (χ2n) is 4.53. The van der Waals surface area contributed by atoms with Gasteiger partial charge in [-0.1, -0.05) is 12.2 Å². The fraction of sp³-hybridized carbons (Fsp3) is 0.636. The fourth-order valence-electron chi connectivity index (χ4n) is 0.883. The van der Waals surface area contributed by atoms with Gasteiger partial charge >= 0.3 is 12.1 Å². The van der Waals surface area contributed by atoms with Crippen LogP contribution in [0.2, 0.25) is 0 Å². The van der Waals surface area contributed by atoms with E-state index in [1.807, 2.05) is 0 Å². The minimum absolute atomic E-state index is 0.228. The standard InChI is InChI=1S/C11H20N2O4/c1-11(2,3)17-10(16)13-7-5-4-6-8(12)9(14)15/h4-5,8H,6-7,12H2,1-3H3,(H,13,16)(H,14,15)/t8-/m0/s1. The molecule has 1 atom stereocenters. The lowest BCUT2D eigenvalue weighted by Gasteiger charge is -2.19. The Morgan fingerprint density at radius 2 is 2.00 bits per heavy atom. The van der Waals surface area contributed by atoms with Gasteiger partial charge in [-0.3, -0.25) is 4.79 Å². The molecule has 98 valence electrons. The average Bonchev–Trinajstić information content (AvgIpc) is 2.13. The zero-order chi connectivity index (χ0) is 13.5. The molecule has 0 aromatic rings. The predicted molar refractivity (Wildman–Crippen MR) is 63.6 cm³/mol. The number of carboxylic acids is 1. The molecule has 0 aliphatic rings. The highest BCUT2D eigenvalue weighted by Gasteiger charge is 2.15. The fourth-order valence-corrected chi connectivity index (χ4v) is 0.883. The third-order valence-corrected chi connectivity index (χ3v) is 1.64. The average molecular weight is 244 g/mol. The molecule has 6 heteroatoms. The number of amides is 1. The number of nitrogens with one attached hydrogen (secondary N) is 1. The summed E-state index contributed by atoms with van der Waals surface area (Å²) in [6.07, 6.45) is 2.96. The lowest BCUT2D eigenvalue weighted by Crippen LogP contribution is -2.32. The molecule has 0 saturated carbocycles. The maximum atomic E-state index is 11.2. The first-order valence-corrected chi connectivity index (χ1v) is 5.32. The summed E-state index contributed by atoms with van der Waals surface area (Å²) in [6.45, 7) is 5.60. The molecule has 6 nitrogen and oxygen atoms in total. The van der Waals surface area contributed by atoms with Gasteiger partial charge in [-0.15, -0.1) is 0 Å². The largest absolute Gasteiger partial charge is 0.480 e. The van der Waals surface area contributed by atoms with E-state index in [4.69, 9.17) is 15.6 Å². The van der Waals surface area contributed by atoms with Crippen molar-refractivity contribution in [3.63, 3.8) is 0 Å². The second-order valence-corrected chi connectivity index (χ2v) is 4.53. The van der Waals surface area contributed by atoms with E-state index < -0.39 is 23.7 Å². The van der Waals surface area contributed by atoms with Crippen molar-refractivity contribution < 1.29 is 19.4 Å². The van der Waals surface area contributed by atoms with E-state index in [9.17, 15) is 9.59 Å². The topological polar surface area (TPSA) is 102 Å². The van der Waals surface area contributed by atoms with Gasteiger partial charge < -0.3 is 20.9 Å². The molecule has 0 bridgehead atoms. The van der Waals surface area contributed by atoms with Crippen molar-refractivity contribution >= 4 is 12.1 Å². The molecule has 0 aliphatic heterocycles. The van der Waals surface area contributed by atoms with Gasteiger partial charge in [0.15, 0.2) is 0 Å². The van der Waals surface area contributed by atoms with Crippen LogP contribution in [-0.4, -0.2) is 35.4 Å². The molecule has 0 spiro atoms. The van der Waals surface area contributed by atoms with Gasteiger partial charge in [0.1, 0.15) is 11.6 Å². The Bertz CT molecular complexity index is 294. The first-order chi connectivity index (χ1) is 7.72. The van der Waals surface area contributed by atoms with Gasteiger partial charge in [0, 0.05) is 6.54 Å². The van der Waals surface area contributed by atoms with Crippen molar-refractivity contribution in [2.45, 2.75) is 38.8 Å². The number of rotatable bonds is 5. The third kappa shape index (κ3) is 9.37. The maximum absolute atomic E-state index is 11.2. The number of ether oxygens (including phenoxy) is 1. The van der Waals surface area contributed by atoms with E-state index in [1.165, 1.54) is 0 Å². The Kier molecular flexibility index (Phi) is 6.27. The summed E-state index contributed by atoms with van der Waals surface area (Å²) >= 11 is 0. The molecular formula is C11H20N2O4. The van der Waals surface area contributed by atoms with E-state index in [1.54, 1.807) is 32.9 Å². The summed E-state index contributed by atoms with van der Waals surface area (Å²) in [5.41, 5.74) is 4.75. The molecule has 4 N–H and O–H groups in total. The number of nitrogens with two attached hydrogens (primary N) is 1. The van der Waals surface area contributed by atoms with Crippen LogP contribution < -0.4 is 11.1 Å². The van der Waals surface area contributed by atoms with Gasteiger partial charge in [-0.2, -0.15) is 0 Å². The summed E-state index contributed by atoms with van der Waals surface area (Å²) in [7, 11) is 0. The van der Waals surface area contributed by atoms with E-state index in [0.717, 1.165) is 0 Å². The summed E-state index contributed by atoms with van der Waals surface area (Å²) in [5, 5.41) is 11.0. The highest BCUT2D eigenvalue weighted by Crippen LogP contribution is 2.06. The Morgan fingerprint density at radius 3 is 2.47 bits per heavy atom. The summed E-state index contributed by atoms with van der Waals surface area (Å²) < 4.78 is 5.00. The number of aliphatic carboxylic acids is 1. The minimum atomic E-state index is -1.05. The highest BCUT2D eigenvalue weighted by molar-refractivity contribution is 5.73. The van der Waals surface area contributed by atoms with Gasteiger partial charge in [-0.25, -0.2) is 4.79 Å². The lowest BCUT2D eigenvalue weighted by molar-refractivity contribution is -0.138. The number of carbonyl (C=O) groups is 2. The Balaban J connectivity index is 3.74. The van der Waals surface area contributed by atoms with Gasteiger partial charge in [0.25, 0.3) is 0 Å². The normalized spacial score (nSPS) is 13.4. The first kappa shape index (κ1) is 15.4. The second kappa shape index (κ2) is 6.90. The van der Waals surface area contributed by atoms with Crippen molar-refractivity contribution in [2.24, 2.45) is 5.73 Å². The van der Waals surface area contributed by atoms with Crippen LogP contribution in [0.4, 0.5) is 4.79 Å². The Morgan fingerprint density at radius 1 is 1.41 bits per heavy atom. The molecule has 0 rings (SSSR count). The van der Waals surface area contributed by atoms with Crippen LogP contribution in [-0.2, 0) is 9.53 Å². The van der Waals surface area contributed by atoms with Gasteiger partial charge in [-0.05, 0) is 27.2 Å². The van der Waals surface area contributed by atoms with E-state index in [-0.39, 0.29) is 13.0 Å². The molecule has 0 aromatic heterocycles. The molecule has 0 saturated heterocycles. The van der Waals surface area contributed by atoms with Crippen molar-refractivity contribution in [3.05, 3.63) is 12.2 Å². The molecule has 17 heavy (non-hydrogen) atoms. The predicted octanol–water partition coefficient (Wildman–Crippen LogP) is 0.869. The molecule has 0 aliphatic carbocycles. The number of hydrogen-bond acceptors (Lipinski definition) is 4. The molecule has 0 aromatic carbocycles. The van der Waals surface area contributed by atoms with E-state index in [2.05, 4.69) is 5.32 Å². The Hall–Kier alpha value is -1.56. The van der Waals surface area contributed by atoms with Crippen LogP contribution >= 0.6 is 0 Å². The van der Waals surface area contributed by atoms with E-state index in [0.29, 0.717) is 0 Å². The summed E-state index contributed by atoms with van der Waals surface area (Å²) in [5.74, 6) is -1.05. The van der Waals surface area contributed by atoms with Crippen LogP contribution in [0, 0.1) is 0 Å². The number of hydrogen-bond donors (Lipinski definition) is 3. The first-order valence-electron chi connectivity index (χ1n) is 5.32. The van der Waals surface area contributed by atoms with Crippen molar-refractivity contribution in [2.75, 3.05) is 6.54 Å². The smallest absolute Gasteiger partial charge is 0.407 e. The Labute approximate surface area is 101 Å². The molecule has 0 fully saturated rings. The van der Waals surface area contributed by atoms with Crippen LogP contribution in [0.15, 0.2) is 12.2 Å². The quantitative estimate of drug-likeness (QED) is 0.623. The minimum Gasteiger partial charge on any atom is -0.480 e. The number of alkyl carbamates (subject to hydrolysis) is 1. The zero-order valence-corrected chi connectivity index (χ0v) is 10.4. The third-order valence-electron chi connectivity index (χ3n) is 1.64. The molecule has 0 radical (unpaired) electrons. The highest BCUT2D eigenvalue weighted by atomic mass is 16.6. The van der Waals surface area contributed by atoms with Crippen molar-refractivity contribution in [1.82, 2.24) is 5.32 Å². The summed E-state index contributed by atoms with van der Waals surface area (Å²) in [6, 6.07) is -0.909. The lowest BCUT2D eigenvalue weighted by atomic mass is 10.2. The summed E-state index contributed by atoms with van der Waals surface area (Å²) in [4.78, 5) is 21.6. The SMILES string of the molecule is CC(C)(C)OC(=O)NCC=CC[C@H](N)C(=O)O. The van der Waals surface area contributed by atoms with Crippen LogP contribution in [0.25, 0.3) is 0 Å². The van der Waals surface area contributed by atoms with Crippen LogP contribution in [0.3, 0.4) is 0 Å². The molecule has 0 heterocycles. The van der Waals surface area contributed by atoms with Crippen molar-refractivity contribution in [3.8, 4) is 0 Å². The van der Waals surface area contributed by atoms with Gasteiger partial charge in [0.05, 0.1) is 0 Å². The zero-order valence-electron chi connectivity index (χ0n) is 10.4. The maximum Gasteiger partial charge on any atom is 0.407 e. The number of carboxylic acid groups (broad SMARTS) is 1.